The van der Waals surface area contributed by atoms with Crippen LogP contribution in [0, 0.1) is 11.8 Å². The van der Waals surface area contributed by atoms with E-state index in [1.54, 1.807) is 0 Å². The molecule has 0 heterocycles. The summed E-state index contributed by atoms with van der Waals surface area (Å²) in [5.74, 6) is -1.75. The third kappa shape index (κ3) is 4.00. The molecule has 3 unspecified atom stereocenters. The minimum atomic E-state index is -0.860. The summed E-state index contributed by atoms with van der Waals surface area (Å²) in [6.07, 6.45) is 0.485. The van der Waals surface area contributed by atoms with Gasteiger partial charge in [0.05, 0.1) is 11.8 Å². The van der Waals surface area contributed by atoms with Crippen molar-refractivity contribution in [1.29, 1.82) is 0 Å². The van der Waals surface area contributed by atoms with E-state index in [0.717, 1.165) is 19.6 Å². The monoisotopic (exact) mass is 242 g/mol. The lowest BCUT2D eigenvalue weighted by molar-refractivity contribution is -0.140. The van der Waals surface area contributed by atoms with Gasteiger partial charge in [-0.15, -0.1) is 0 Å². The maximum atomic E-state index is 11.7. The Labute approximate surface area is 102 Å². The zero-order valence-corrected chi connectivity index (χ0v) is 10.8. The number of carboxylic acid groups (broad SMARTS) is 1. The van der Waals surface area contributed by atoms with Gasteiger partial charge in [0.2, 0.25) is 5.91 Å². The topological polar surface area (TPSA) is 69.6 Å². The van der Waals surface area contributed by atoms with Gasteiger partial charge >= 0.3 is 5.97 Å². The van der Waals surface area contributed by atoms with Gasteiger partial charge in [0.15, 0.2) is 0 Å². The van der Waals surface area contributed by atoms with Gasteiger partial charge in [-0.2, -0.15) is 0 Å². The number of nitrogens with one attached hydrogen (secondary N) is 1. The third-order valence-corrected chi connectivity index (χ3v) is 3.26. The van der Waals surface area contributed by atoms with Gasteiger partial charge in [0.1, 0.15) is 0 Å². The number of rotatable bonds is 7. The third-order valence-electron chi connectivity index (χ3n) is 3.26. The first kappa shape index (κ1) is 14.0. The molecule has 17 heavy (non-hydrogen) atoms. The molecule has 1 fully saturated rings. The van der Waals surface area contributed by atoms with Gasteiger partial charge < -0.3 is 15.3 Å². The Bertz CT molecular complexity index is 289. The smallest absolute Gasteiger partial charge is 0.307 e. The fraction of sp³-hybridized carbons (Fsp3) is 0.833. The van der Waals surface area contributed by atoms with E-state index >= 15 is 0 Å². The molecular weight excluding hydrogens is 220 g/mol. The first-order chi connectivity index (χ1) is 7.99. The molecule has 1 aliphatic carbocycles. The Morgan fingerprint density at radius 1 is 1.35 bits per heavy atom. The van der Waals surface area contributed by atoms with Gasteiger partial charge in [-0.25, -0.2) is 0 Å². The van der Waals surface area contributed by atoms with Gasteiger partial charge in [-0.1, -0.05) is 13.8 Å². The first-order valence-electron chi connectivity index (χ1n) is 6.25. The second-order valence-electron chi connectivity index (χ2n) is 4.68. The number of hydrogen-bond acceptors (Lipinski definition) is 3. The normalized spacial score (nSPS) is 24.5. The summed E-state index contributed by atoms with van der Waals surface area (Å²) in [5, 5.41) is 11.6. The average Bonchev–Trinajstić information content (AvgIpc) is 3.05. The second kappa shape index (κ2) is 6.00. The molecule has 5 nitrogen and oxygen atoms in total. The molecule has 3 atom stereocenters. The van der Waals surface area contributed by atoms with Crippen molar-refractivity contribution in [3.63, 3.8) is 0 Å². The molecule has 0 aromatic heterocycles. The molecule has 2 N–H and O–H groups in total. The largest absolute Gasteiger partial charge is 0.481 e. The molecule has 98 valence electrons. The summed E-state index contributed by atoms with van der Waals surface area (Å²) in [7, 11) is 0. The molecule has 1 saturated carbocycles. The fourth-order valence-electron chi connectivity index (χ4n) is 2.02. The predicted octanol–water partition coefficient (Wildman–Crippen LogP) is 0.554. The van der Waals surface area contributed by atoms with E-state index in [1.165, 1.54) is 0 Å². The van der Waals surface area contributed by atoms with Crippen LogP contribution in [0.15, 0.2) is 0 Å². The molecule has 1 aliphatic rings. The van der Waals surface area contributed by atoms with Crippen LogP contribution in [0.4, 0.5) is 0 Å². The first-order valence-corrected chi connectivity index (χ1v) is 6.25. The molecule has 1 rings (SSSR count). The molecule has 0 spiro atoms. The zero-order valence-electron chi connectivity index (χ0n) is 10.8. The summed E-state index contributed by atoms with van der Waals surface area (Å²) in [6.45, 7) is 8.84. The van der Waals surface area contributed by atoms with Crippen molar-refractivity contribution in [1.82, 2.24) is 10.2 Å². The molecule has 0 saturated heterocycles. The number of aliphatic carboxylic acids is 1. The summed E-state index contributed by atoms with van der Waals surface area (Å²) in [4.78, 5) is 24.6. The van der Waals surface area contributed by atoms with E-state index in [2.05, 4.69) is 24.1 Å². The average molecular weight is 242 g/mol. The SMILES string of the molecule is CCN(CC)CC(C)NC(=O)C1CC1C(=O)O. The Hall–Kier alpha value is -1.10. The minimum absolute atomic E-state index is 0.0671. The Balaban J connectivity index is 2.29. The number of carbonyl (C=O) groups excluding carboxylic acids is 1. The van der Waals surface area contributed by atoms with Gasteiger partial charge in [0, 0.05) is 12.6 Å². The number of hydrogen-bond donors (Lipinski definition) is 2. The highest BCUT2D eigenvalue weighted by molar-refractivity contribution is 5.89. The quantitative estimate of drug-likeness (QED) is 0.684. The maximum absolute atomic E-state index is 11.7. The van der Waals surface area contributed by atoms with Gasteiger partial charge in [-0.3, -0.25) is 9.59 Å². The molecule has 1 amide bonds. The summed E-state index contributed by atoms with van der Waals surface area (Å²) in [6, 6.07) is 0.0671. The van der Waals surface area contributed by atoms with Crippen LogP contribution in [0.3, 0.4) is 0 Å². The molecule has 0 bridgehead atoms. The van der Waals surface area contributed by atoms with Crippen LogP contribution in [0.1, 0.15) is 27.2 Å². The maximum Gasteiger partial charge on any atom is 0.307 e. The van der Waals surface area contributed by atoms with E-state index in [1.807, 2.05) is 6.92 Å². The summed E-state index contributed by atoms with van der Waals surface area (Å²) < 4.78 is 0. The molecular formula is C12H22N2O3. The summed E-state index contributed by atoms with van der Waals surface area (Å²) in [5.41, 5.74) is 0. The van der Waals surface area contributed by atoms with E-state index in [0.29, 0.717) is 6.42 Å². The van der Waals surface area contributed by atoms with Crippen molar-refractivity contribution < 1.29 is 14.7 Å². The molecule has 0 aromatic rings. The molecule has 0 aliphatic heterocycles. The van der Waals surface area contributed by atoms with Crippen molar-refractivity contribution in [3.8, 4) is 0 Å². The summed E-state index contributed by atoms with van der Waals surface area (Å²) >= 11 is 0. The van der Waals surface area contributed by atoms with Crippen molar-refractivity contribution in [3.05, 3.63) is 0 Å². The predicted molar refractivity (Wildman–Crippen MR) is 64.6 cm³/mol. The lowest BCUT2D eigenvalue weighted by Crippen LogP contribution is -2.42. The van der Waals surface area contributed by atoms with Crippen LogP contribution in [0.2, 0.25) is 0 Å². The van der Waals surface area contributed by atoms with Gasteiger partial charge in [0.25, 0.3) is 0 Å². The Morgan fingerprint density at radius 3 is 2.35 bits per heavy atom. The van der Waals surface area contributed by atoms with Crippen LogP contribution in [0.25, 0.3) is 0 Å². The van der Waals surface area contributed by atoms with E-state index in [-0.39, 0.29) is 17.9 Å². The van der Waals surface area contributed by atoms with E-state index in [4.69, 9.17) is 5.11 Å². The highest BCUT2D eigenvalue weighted by Gasteiger charge is 2.48. The van der Waals surface area contributed by atoms with Crippen LogP contribution in [0.5, 0.6) is 0 Å². The highest BCUT2D eigenvalue weighted by atomic mass is 16.4. The Kier molecular flexibility index (Phi) is 4.93. The van der Waals surface area contributed by atoms with Crippen molar-refractivity contribution in [2.45, 2.75) is 33.2 Å². The van der Waals surface area contributed by atoms with Gasteiger partial charge in [-0.05, 0) is 26.4 Å². The zero-order chi connectivity index (χ0) is 13.0. The lowest BCUT2D eigenvalue weighted by Gasteiger charge is -2.23. The number of nitrogens with zero attached hydrogens (tertiary/aromatic N) is 1. The van der Waals surface area contributed by atoms with Crippen LogP contribution in [-0.4, -0.2) is 47.6 Å². The van der Waals surface area contributed by atoms with Crippen LogP contribution >= 0.6 is 0 Å². The molecule has 5 heteroatoms. The van der Waals surface area contributed by atoms with Crippen molar-refractivity contribution >= 4 is 11.9 Å². The number of carboxylic acids is 1. The van der Waals surface area contributed by atoms with Crippen LogP contribution < -0.4 is 5.32 Å². The fourth-order valence-corrected chi connectivity index (χ4v) is 2.02. The number of amides is 1. The standard InChI is InChI=1S/C12H22N2O3/c1-4-14(5-2)7-8(3)13-11(15)9-6-10(9)12(16)17/h8-10H,4-7H2,1-3H3,(H,13,15)(H,16,17). The van der Waals surface area contributed by atoms with Crippen LogP contribution in [-0.2, 0) is 9.59 Å². The van der Waals surface area contributed by atoms with Crippen molar-refractivity contribution in [2.24, 2.45) is 11.8 Å². The number of carbonyl (C=O) groups is 2. The number of likely N-dealkylation sites (N-methyl/N-ethyl adjacent to an activating group) is 1. The van der Waals surface area contributed by atoms with E-state index in [9.17, 15) is 9.59 Å². The second-order valence-corrected chi connectivity index (χ2v) is 4.68. The minimum Gasteiger partial charge on any atom is -0.481 e. The highest BCUT2D eigenvalue weighted by Crippen LogP contribution is 2.38. The molecule has 0 aromatic carbocycles. The van der Waals surface area contributed by atoms with Crippen molar-refractivity contribution in [2.75, 3.05) is 19.6 Å². The van der Waals surface area contributed by atoms with E-state index < -0.39 is 11.9 Å². The Morgan fingerprint density at radius 2 is 1.94 bits per heavy atom. The molecule has 0 radical (unpaired) electrons. The lowest BCUT2D eigenvalue weighted by atomic mass is 10.2.